The van der Waals surface area contributed by atoms with E-state index in [1.54, 1.807) is 6.07 Å². The van der Waals surface area contributed by atoms with Crippen LogP contribution in [0.4, 0.5) is 0 Å². The Morgan fingerprint density at radius 3 is 2.78 bits per heavy atom. The van der Waals surface area contributed by atoms with Gasteiger partial charge in [0.1, 0.15) is 5.75 Å². The van der Waals surface area contributed by atoms with Gasteiger partial charge in [-0.2, -0.15) is 4.37 Å². The Morgan fingerprint density at radius 1 is 1.56 bits per heavy atom. The topological polar surface area (TPSA) is 68.3 Å². The van der Waals surface area contributed by atoms with Crippen LogP contribution in [-0.4, -0.2) is 26.4 Å². The highest BCUT2D eigenvalue weighted by Crippen LogP contribution is 2.47. The normalized spacial score (nSPS) is 17.7. The van der Waals surface area contributed by atoms with E-state index in [0.717, 1.165) is 30.8 Å². The molecule has 0 unspecified atom stereocenters. The molecule has 1 aliphatic carbocycles. The van der Waals surface area contributed by atoms with Crippen molar-refractivity contribution in [2.24, 2.45) is 5.41 Å². The van der Waals surface area contributed by atoms with Crippen LogP contribution in [0.2, 0.25) is 0 Å². The lowest BCUT2D eigenvalue weighted by atomic mass is 10.1. The van der Waals surface area contributed by atoms with Crippen LogP contribution < -0.4 is 9.46 Å². The Balaban J connectivity index is 1.90. The highest BCUT2D eigenvalue weighted by atomic mass is 32.2. The van der Waals surface area contributed by atoms with E-state index in [1.165, 1.54) is 7.11 Å². The molecule has 0 atom stereocenters. The molecule has 1 heterocycles. The summed E-state index contributed by atoms with van der Waals surface area (Å²) in [5.74, 6) is 0.450. The van der Waals surface area contributed by atoms with Crippen LogP contribution in [0.25, 0.3) is 0 Å². The molecule has 0 amide bonds. The average Bonchev–Trinajstić information content (AvgIpc) is 3.00. The summed E-state index contributed by atoms with van der Waals surface area (Å²) in [6, 6.07) is 1.66. The third-order valence-corrected chi connectivity index (χ3v) is 5.68. The van der Waals surface area contributed by atoms with Crippen molar-refractivity contribution in [3.63, 3.8) is 0 Å². The van der Waals surface area contributed by atoms with Crippen LogP contribution in [0.15, 0.2) is 6.07 Å². The minimum atomic E-state index is -3.27. The number of hydrogen-bond donors (Lipinski definition) is 1. The van der Waals surface area contributed by atoms with E-state index in [2.05, 4.69) is 16.0 Å². The van der Waals surface area contributed by atoms with Crippen LogP contribution in [0, 0.1) is 5.41 Å². The first-order valence-corrected chi connectivity index (χ1v) is 8.38. The standard InChI is InChI=1S/C11H18N2O3S2/c1-3-11(4-5-11)8-12-18(14,15)7-9-6-10(16-2)13-17-9/h6,12H,3-5,7-8H2,1-2H3. The maximum atomic E-state index is 11.9. The van der Waals surface area contributed by atoms with Crippen LogP contribution in [0.5, 0.6) is 5.88 Å². The second-order valence-electron chi connectivity index (χ2n) is 4.77. The van der Waals surface area contributed by atoms with E-state index in [9.17, 15) is 8.42 Å². The molecule has 1 aromatic rings. The van der Waals surface area contributed by atoms with Crippen molar-refractivity contribution in [1.29, 1.82) is 0 Å². The molecule has 18 heavy (non-hydrogen) atoms. The summed E-state index contributed by atoms with van der Waals surface area (Å²) in [4.78, 5) is 0.695. The summed E-state index contributed by atoms with van der Waals surface area (Å²) in [5, 5.41) is 0. The van der Waals surface area contributed by atoms with Crippen LogP contribution in [-0.2, 0) is 15.8 Å². The number of hydrogen-bond acceptors (Lipinski definition) is 5. The van der Waals surface area contributed by atoms with Gasteiger partial charge in [0.2, 0.25) is 15.9 Å². The fraction of sp³-hybridized carbons (Fsp3) is 0.727. The lowest BCUT2D eigenvalue weighted by Gasteiger charge is -2.13. The second-order valence-corrected chi connectivity index (χ2v) is 7.47. The van der Waals surface area contributed by atoms with Gasteiger partial charge >= 0.3 is 0 Å². The molecular weight excluding hydrogens is 272 g/mol. The number of ether oxygens (including phenoxy) is 1. The number of nitrogens with one attached hydrogen (secondary N) is 1. The minimum absolute atomic E-state index is 0.0200. The Bertz CT molecular complexity index is 506. The van der Waals surface area contributed by atoms with Crippen molar-refractivity contribution in [2.45, 2.75) is 31.9 Å². The molecule has 0 aromatic carbocycles. The summed E-state index contributed by atoms with van der Waals surface area (Å²) < 4.78 is 35.4. The zero-order valence-corrected chi connectivity index (χ0v) is 12.2. The summed E-state index contributed by atoms with van der Waals surface area (Å²) in [7, 11) is -1.75. The summed E-state index contributed by atoms with van der Waals surface area (Å²) in [6.45, 7) is 2.66. The Labute approximate surface area is 112 Å². The largest absolute Gasteiger partial charge is 0.480 e. The van der Waals surface area contributed by atoms with Crippen molar-refractivity contribution in [1.82, 2.24) is 9.10 Å². The monoisotopic (exact) mass is 290 g/mol. The first-order valence-electron chi connectivity index (χ1n) is 5.95. The highest BCUT2D eigenvalue weighted by molar-refractivity contribution is 7.88. The van der Waals surface area contributed by atoms with Crippen molar-refractivity contribution >= 4 is 21.6 Å². The molecule has 0 aliphatic heterocycles. The molecule has 1 N–H and O–H groups in total. The van der Waals surface area contributed by atoms with Gasteiger partial charge in [0.15, 0.2) is 0 Å². The summed E-state index contributed by atoms with van der Waals surface area (Å²) in [6.07, 6.45) is 3.28. The van der Waals surface area contributed by atoms with Gasteiger partial charge in [-0.15, -0.1) is 0 Å². The predicted molar refractivity (Wildman–Crippen MR) is 71.3 cm³/mol. The molecule has 7 heteroatoms. The minimum Gasteiger partial charge on any atom is -0.480 e. The molecule has 5 nitrogen and oxygen atoms in total. The van der Waals surface area contributed by atoms with Gasteiger partial charge in [0, 0.05) is 17.5 Å². The van der Waals surface area contributed by atoms with Crippen LogP contribution >= 0.6 is 11.5 Å². The molecule has 0 spiro atoms. The Morgan fingerprint density at radius 2 is 2.28 bits per heavy atom. The van der Waals surface area contributed by atoms with Gasteiger partial charge in [0.25, 0.3) is 0 Å². The summed E-state index contributed by atoms with van der Waals surface area (Å²) >= 11 is 1.16. The quantitative estimate of drug-likeness (QED) is 0.831. The van der Waals surface area contributed by atoms with E-state index in [-0.39, 0.29) is 11.2 Å². The van der Waals surface area contributed by atoms with Gasteiger partial charge < -0.3 is 4.74 Å². The van der Waals surface area contributed by atoms with Crippen LogP contribution in [0.1, 0.15) is 31.1 Å². The maximum absolute atomic E-state index is 11.9. The van der Waals surface area contributed by atoms with Crippen molar-refractivity contribution in [2.75, 3.05) is 13.7 Å². The van der Waals surface area contributed by atoms with E-state index in [0.29, 0.717) is 17.3 Å². The molecule has 0 bridgehead atoms. The fourth-order valence-corrected chi connectivity index (χ4v) is 4.04. The first-order chi connectivity index (χ1) is 8.49. The van der Waals surface area contributed by atoms with Crippen molar-refractivity contribution in [3.05, 3.63) is 10.9 Å². The van der Waals surface area contributed by atoms with Crippen molar-refractivity contribution in [3.8, 4) is 5.88 Å². The summed E-state index contributed by atoms with van der Waals surface area (Å²) in [5.41, 5.74) is 0.221. The highest BCUT2D eigenvalue weighted by Gasteiger charge is 2.41. The third-order valence-electron chi connectivity index (χ3n) is 3.45. The third kappa shape index (κ3) is 3.43. The second kappa shape index (κ2) is 5.14. The zero-order valence-electron chi connectivity index (χ0n) is 10.6. The van der Waals surface area contributed by atoms with E-state index < -0.39 is 10.0 Å². The van der Waals surface area contributed by atoms with Crippen LogP contribution in [0.3, 0.4) is 0 Å². The van der Waals surface area contributed by atoms with Gasteiger partial charge in [-0.1, -0.05) is 6.92 Å². The van der Waals surface area contributed by atoms with Crippen molar-refractivity contribution < 1.29 is 13.2 Å². The number of sulfonamides is 1. The van der Waals surface area contributed by atoms with E-state index in [1.807, 2.05) is 0 Å². The lowest BCUT2D eigenvalue weighted by Crippen LogP contribution is -2.30. The van der Waals surface area contributed by atoms with Gasteiger partial charge in [0.05, 0.1) is 7.11 Å². The maximum Gasteiger partial charge on any atom is 0.225 e. The zero-order chi connectivity index (χ0) is 13.2. The Hall–Kier alpha value is -0.660. The predicted octanol–water partition coefficient (Wildman–Crippen LogP) is 1.76. The molecule has 0 radical (unpaired) electrons. The smallest absolute Gasteiger partial charge is 0.225 e. The van der Waals surface area contributed by atoms with E-state index in [4.69, 9.17) is 4.74 Å². The fourth-order valence-electron chi connectivity index (χ4n) is 1.79. The molecule has 1 aliphatic rings. The number of rotatable bonds is 7. The molecule has 2 rings (SSSR count). The molecular formula is C11H18N2O3S2. The number of nitrogens with zero attached hydrogens (tertiary/aromatic N) is 1. The molecule has 1 saturated carbocycles. The van der Waals surface area contributed by atoms with E-state index >= 15 is 0 Å². The van der Waals surface area contributed by atoms with Gasteiger partial charge in [-0.05, 0) is 36.2 Å². The molecule has 1 aromatic heterocycles. The Kier molecular flexibility index (Phi) is 3.93. The molecule has 102 valence electrons. The SMILES string of the molecule is CCC1(CNS(=O)(=O)Cc2cc(OC)ns2)CC1. The molecule has 1 fully saturated rings. The van der Waals surface area contributed by atoms with Gasteiger partial charge in [-0.3, -0.25) is 0 Å². The lowest BCUT2D eigenvalue weighted by molar-refractivity contribution is 0.402. The van der Waals surface area contributed by atoms with Gasteiger partial charge in [-0.25, -0.2) is 13.1 Å². The first kappa shape index (κ1) is 13.8. The average molecular weight is 290 g/mol. The molecule has 0 saturated heterocycles. The number of aromatic nitrogens is 1. The number of methoxy groups -OCH3 is 1.